The van der Waals surface area contributed by atoms with Crippen LogP contribution in [-0.2, 0) is 4.84 Å². The molecule has 0 aromatic carbocycles. The van der Waals surface area contributed by atoms with Gasteiger partial charge in [0.05, 0.1) is 7.11 Å². The topological polar surface area (TPSA) is 19.0 Å². The van der Waals surface area contributed by atoms with Crippen molar-refractivity contribution >= 4 is 0 Å². The Balaban J connectivity index is 2.10. The highest BCUT2D eigenvalue weighted by Crippen LogP contribution is 2.00. The zero-order valence-corrected chi connectivity index (χ0v) is 8.99. The predicted octanol–water partition coefficient (Wildman–Crippen LogP) is -0.273. The molecule has 1 aliphatic heterocycles. The molecule has 1 rings (SSSR count). The van der Waals surface area contributed by atoms with Gasteiger partial charge in [0.2, 0.25) is 0 Å². The van der Waals surface area contributed by atoms with E-state index in [4.69, 9.17) is 4.84 Å². The maximum Gasteiger partial charge on any atom is 0.0575 e. The molecule has 4 nitrogen and oxygen atoms in total. The second-order valence-corrected chi connectivity index (χ2v) is 3.76. The summed E-state index contributed by atoms with van der Waals surface area (Å²) in [6, 6.07) is 0. The molecule has 1 saturated heterocycles. The van der Waals surface area contributed by atoms with Gasteiger partial charge in [0.25, 0.3) is 0 Å². The first kappa shape index (κ1) is 10.9. The van der Waals surface area contributed by atoms with E-state index in [0.29, 0.717) is 0 Å². The van der Waals surface area contributed by atoms with E-state index < -0.39 is 0 Å². The van der Waals surface area contributed by atoms with Crippen molar-refractivity contribution in [2.24, 2.45) is 0 Å². The maximum atomic E-state index is 5.16. The molecule has 13 heavy (non-hydrogen) atoms. The largest absolute Gasteiger partial charge is 0.308 e. The van der Waals surface area contributed by atoms with Crippen molar-refractivity contribution in [2.75, 3.05) is 60.5 Å². The molecule has 78 valence electrons. The summed E-state index contributed by atoms with van der Waals surface area (Å²) in [4.78, 5) is 9.87. The fourth-order valence-electron chi connectivity index (χ4n) is 1.48. The van der Waals surface area contributed by atoms with Crippen molar-refractivity contribution in [3.8, 4) is 0 Å². The lowest BCUT2D eigenvalue weighted by molar-refractivity contribution is -0.151. The monoisotopic (exact) mass is 187 g/mol. The standard InChI is InChI=1S/C9H21N3O/c1-10(2)4-5-11-6-8-12(13-3)9-7-11/h4-9H2,1-3H3. The van der Waals surface area contributed by atoms with Crippen LogP contribution in [0.15, 0.2) is 0 Å². The molecule has 0 atom stereocenters. The van der Waals surface area contributed by atoms with Gasteiger partial charge in [-0.05, 0) is 14.1 Å². The van der Waals surface area contributed by atoms with Crippen LogP contribution in [-0.4, -0.2) is 75.3 Å². The molecule has 0 unspecified atom stereocenters. The lowest BCUT2D eigenvalue weighted by Crippen LogP contribution is -2.47. The highest BCUT2D eigenvalue weighted by molar-refractivity contribution is 4.67. The molecule has 0 radical (unpaired) electrons. The Kier molecular flexibility index (Phi) is 4.66. The quantitative estimate of drug-likeness (QED) is 0.603. The number of hydroxylamine groups is 2. The predicted molar refractivity (Wildman–Crippen MR) is 53.6 cm³/mol. The first-order valence-electron chi connectivity index (χ1n) is 4.88. The molecule has 1 aliphatic rings. The van der Waals surface area contributed by atoms with Crippen molar-refractivity contribution in [2.45, 2.75) is 0 Å². The zero-order valence-electron chi connectivity index (χ0n) is 8.99. The Hall–Kier alpha value is -0.160. The molecule has 0 aromatic rings. The minimum Gasteiger partial charge on any atom is -0.308 e. The smallest absolute Gasteiger partial charge is 0.0575 e. The Morgan fingerprint density at radius 3 is 2.23 bits per heavy atom. The lowest BCUT2D eigenvalue weighted by Gasteiger charge is -2.33. The Morgan fingerprint density at radius 1 is 1.15 bits per heavy atom. The first-order valence-corrected chi connectivity index (χ1v) is 4.88. The molecule has 0 amide bonds. The van der Waals surface area contributed by atoms with E-state index in [1.54, 1.807) is 7.11 Å². The second kappa shape index (κ2) is 5.54. The minimum absolute atomic E-state index is 1.03. The van der Waals surface area contributed by atoms with Gasteiger partial charge in [-0.1, -0.05) is 0 Å². The average molecular weight is 187 g/mol. The summed E-state index contributed by atoms with van der Waals surface area (Å²) in [5.74, 6) is 0. The van der Waals surface area contributed by atoms with Gasteiger partial charge < -0.3 is 9.74 Å². The molecule has 0 aromatic heterocycles. The molecule has 4 heteroatoms. The van der Waals surface area contributed by atoms with Crippen molar-refractivity contribution in [1.29, 1.82) is 0 Å². The molecular formula is C9H21N3O. The van der Waals surface area contributed by atoms with E-state index in [1.165, 1.54) is 6.54 Å². The van der Waals surface area contributed by atoms with Crippen molar-refractivity contribution in [3.05, 3.63) is 0 Å². The number of likely N-dealkylation sites (N-methyl/N-ethyl adjacent to an activating group) is 1. The molecule has 0 N–H and O–H groups in total. The number of hydrogen-bond donors (Lipinski definition) is 0. The number of rotatable bonds is 4. The Labute approximate surface area is 81.0 Å². The lowest BCUT2D eigenvalue weighted by atomic mass is 10.3. The van der Waals surface area contributed by atoms with Crippen LogP contribution in [0.3, 0.4) is 0 Å². The third-order valence-electron chi connectivity index (χ3n) is 2.45. The van der Waals surface area contributed by atoms with Crippen LogP contribution in [0.4, 0.5) is 0 Å². The van der Waals surface area contributed by atoms with Gasteiger partial charge in [0, 0.05) is 39.3 Å². The van der Waals surface area contributed by atoms with Crippen LogP contribution >= 0.6 is 0 Å². The fraction of sp³-hybridized carbons (Fsp3) is 1.00. The van der Waals surface area contributed by atoms with Gasteiger partial charge >= 0.3 is 0 Å². The van der Waals surface area contributed by atoms with Crippen molar-refractivity contribution in [1.82, 2.24) is 14.9 Å². The van der Waals surface area contributed by atoms with E-state index in [0.717, 1.165) is 32.7 Å². The van der Waals surface area contributed by atoms with Crippen molar-refractivity contribution < 1.29 is 4.84 Å². The van der Waals surface area contributed by atoms with Gasteiger partial charge in [-0.15, -0.1) is 0 Å². The van der Waals surface area contributed by atoms with Crippen LogP contribution in [0, 0.1) is 0 Å². The van der Waals surface area contributed by atoms with E-state index >= 15 is 0 Å². The van der Waals surface area contributed by atoms with Gasteiger partial charge in [-0.2, -0.15) is 5.06 Å². The average Bonchev–Trinajstić information content (AvgIpc) is 2.15. The first-order chi connectivity index (χ1) is 6.22. The van der Waals surface area contributed by atoms with Crippen molar-refractivity contribution in [3.63, 3.8) is 0 Å². The number of hydrogen-bond acceptors (Lipinski definition) is 4. The third kappa shape index (κ3) is 4.04. The van der Waals surface area contributed by atoms with Crippen LogP contribution < -0.4 is 0 Å². The number of piperazine rings is 1. The third-order valence-corrected chi connectivity index (χ3v) is 2.45. The number of nitrogens with zero attached hydrogens (tertiary/aromatic N) is 3. The van der Waals surface area contributed by atoms with Gasteiger partial charge in [-0.3, -0.25) is 4.90 Å². The van der Waals surface area contributed by atoms with E-state index in [-0.39, 0.29) is 0 Å². The summed E-state index contributed by atoms with van der Waals surface area (Å²) >= 11 is 0. The summed E-state index contributed by atoms with van der Waals surface area (Å²) in [5, 5.41) is 2.02. The summed E-state index contributed by atoms with van der Waals surface area (Å²) < 4.78 is 0. The maximum absolute atomic E-state index is 5.16. The van der Waals surface area contributed by atoms with Crippen LogP contribution in [0.2, 0.25) is 0 Å². The summed E-state index contributed by atoms with van der Waals surface area (Å²) in [5.41, 5.74) is 0. The van der Waals surface area contributed by atoms with Gasteiger partial charge in [-0.25, -0.2) is 0 Å². The van der Waals surface area contributed by atoms with Crippen LogP contribution in [0.5, 0.6) is 0 Å². The van der Waals surface area contributed by atoms with Crippen LogP contribution in [0.1, 0.15) is 0 Å². The highest BCUT2D eigenvalue weighted by Gasteiger charge is 2.15. The van der Waals surface area contributed by atoms with E-state index in [1.807, 2.05) is 5.06 Å². The molecule has 1 heterocycles. The Morgan fingerprint density at radius 2 is 1.77 bits per heavy atom. The van der Waals surface area contributed by atoms with Gasteiger partial charge in [0.15, 0.2) is 0 Å². The summed E-state index contributed by atoms with van der Waals surface area (Å²) in [7, 11) is 5.98. The summed E-state index contributed by atoms with van der Waals surface area (Å²) in [6.45, 7) is 6.63. The highest BCUT2D eigenvalue weighted by atomic mass is 16.7. The molecular weight excluding hydrogens is 166 g/mol. The fourth-order valence-corrected chi connectivity index (χ4v) is 1.48. The van der Waals surface area contributed by atoms with E-state index in [9.17, 15) is 0 Å². The van der Waals surface area contributed by atoms with Crippen LogP contribution in [0.25, 0.3) is 0 Å². The Bertz CT molecular complexity index is 133. The SMILES string of the molecule is CON1CCN(CCN(C)C)CC1. The van der Waals surface area contributed by atoms with E-state index in [2.05, 4.69) is 23.9 Å². The summed E-state index contributed by atoms with van der Waals surface area (Å²) in [6.07, 6.45) is 0. The minimum atomic E-state index is 1.03. The second-order valence-electron chi connectivity index (χ2n) is 3.76. The molecule has 0 saturated carbocycles. The molecule has 0 bridgehead atoms. The molecule has 1 fully saturated rings. The normalized spacial score (nSPS) is 21.2. The zero-order chi connectivity index (χ0) is 9.68. The van der Waals surface area contributed by atoms with Gasteiger partial charge in [0.1, 0.15) is 0 Å². The molecule has 0 spiro atoms. The molecule has 0 aliphatic carbocycles.